The summed E-state index contributed by atoms with van der Waals surface area (Å²) in [6.07, 6.45) is 1.12. The first kappa shape index (κ1) is 20.1. The van der Waals surface area contributed by atoms with Crippen LogP contribution in [0.3, 0.4) is 0 Å². The van der Waals surface area contributed by atoms with Gasteiger partial charge in [0.1, 0.15) is 5.75 Å². The number of hydrogen-bond acceptors (Lipinski definition) is 4. The number of aryl methyl sites for hydroxylation is 1. The Morgan fingerprint density at radius 2 is 1.85 bits per heavy atom. The standard InChI is InChI=1S/C18H21ClN2O4S/c1-13-4-7-15(8-5-13)21(26(3,23)24)11-10-18(22)20-14-6-9-17(25-2)16(19)12-14/h4-9,12H,10-11H2,1-3H3,(H,20,22). The number of anilines is 2. The average Bonchev–Trinajstić information content (AvgIpc) is 2.55. The Kier molecular flexibility index (Phi) is 6.50. The third-order valence-electron chi connectivity index (χ3n) is 3.70. The first-order valence-electron chi connectivity index (χ1n) is 7.88. The van der Waals surface area contributed by atoms with Gasteiger partial charge >= 0.3 is 0 Å². The van der Waals surface area contributed by atoms with E-state index < -0.39 is 10.0 Å². The molecule has 2 rings (SSSR count). The number of carbonyl (C=O) groups excluding carboxylic acids is 1. The van der Waals surface area contributed by atoms with Crippen molar-refractivity contribution < 1.29 is 17.9 Å². The highest BCUT2D eigenvalue weighted by molar-refractivity contribution is 7.92. The number of halogens is 1. The maximum atomic E-state index is 12.2. The summed E-state index contributed by atoms with van der Waals surface area (Å²) < 4.78 is 30.4. The number of methoxy groups -OCH3 is 1. The van der Waals surface area contributed by atoms with E-state index in [1.165, 1.54) is 11.4 Å². The number of carbonyl (C=O) groups is 1. The third-order valence-corrected chi connectivity index (χ3v) is 5.19. The van der Waals surface area contributed by atoms with Gasteiger partial charge in [-0.25, -0.2) is 8.42 Å². The predicted octanol–water partition coefficient (Wildman–Crippen LogP) is 3.45. The molecule has 0 saturated heterocycles. The Bertz CT molecular complexity index is 883. The van der Waals surface area contributed by atoms with E-state index in [9.17, 15) is 13.2 Å². The molecule has 2 aromatic rings. The fourth-order valence-corrected chi connectivity index (χ4v) is 3.55. The van der Waals surface area contributed by atoms with Gasteiger partial charge in [-0.05, 0) is 37.3 Å². The lowest BCUT2D eigenvalue weighted by molar-refractivity contribution is -0.116. The van der Waals surface area contributed by atoms with E-state index in [1.807, 2.05) is 19.1 Å². The zero-order valence-corrected chi connectivity index (χ0v) is 16.4. The van der Waals surface area contributed by atoms with Crippen LogP contribution in [-0.4, -0.2) is 34.2 Å². The van der Waals surface area contributed by atoms with Crippen LogP contribution in [0.1, 0.15) is 12.0 Å². The molecule has 0 aliphatic carbocycles. The molecule has 26 heavy (non-hydrogen) atoms. The second-order valence-corrected chi connectivity index (χ2v) is 8.13. The predicted molar refractivity (Wildman–Crippen MR) is 105 cm³/mol. The van der Waals surface area contributed by atoms with Crippen LogP contribution in [0.5, 0.6) is 5.75 Å². The zero-order chi connectivity index (χ0) is 19.3. The summed E-state index contributed by atoms with van der Waals surface area (Å²) in [6, 6.07) is 12.0. The summed E-state index contributed by atoms with van der Waals surface area (Å²) in [6.45, 7) is 1.96. The number of rotatable bonds is 7. The van der Waals surface area contributed by atoms with Crippen LogP contribution in [-0.2, 0) is 14.8 Å². The Hall–Kier alpha value is -2.25. The first-order chi connectivity index (χ1) is 12.2. The maximum Gasteiger partial charge on any atom is 0.232 e. The number of nitrogens with one attached hydrogen (secondary N) is 1. The molecule has 1 amide bonds. The van der Waals surface area contributed by atoms with Crippen molar-refractivity contribution in [3.05, 3.63) is 53.1 Å². The van der Waals surface area contributed by atoms with Crippen LogP contribution >= 0.6 is 11.6 Å². The highest BCUT2D eigenvalue weighted by Gasteiger charge is 2.18. The largest absolute Gasteiger partial charge is 0.495 e. The Morgan fingerprint density at radius 1 is 1.19 bits per heavy atom. The van der Waals surface area contributed by atoms with Gasteiger partial charge in [-0.1, -0.05) is 29.3 Å². The van der Waals surface area contributed by atoms with Crippen LogP contribution in [0.25, 0.3) is 0 Å². The van der Waals surface area contributed by atoms with Gasteiger partial charge in [0.25, 0.3) is 0 Å². The highest BCUT2D eigenvalue weighted by Crippen LogP contribution is 2.27. The molecule has 0 spiro atoms. The van der Waals surface area contributed by atoms with Gasteiger partial charge in [-0.3, -0.25) is 9.10 Å². The highest BCUT2D eigenvalue weighted by atomic mass is 35.5. The molecule has 0 atom stereocenters. The molecule has 0 radical (unpaired) electrons. The van der Waals surface area contributed by atoms with E-state index >= 15 is 0 Å². The van der Waals surface area contributed by atoms with Crippen molar-refractivity contribution in [2.45, 2.75) is 13.3 Å². The second kappa shape index (κ2) is 8.42. The molecule has 0 unspecified atom stereocenters. The molecule has 0 aromatic heterocycles. The molecular formula is C18H21ClN2O4S. The molecule has 0 fully saturated rings. The lowest BCUT2D eigenvalue weighted by Crippen LogP contribution is -2.33. The summed E-state index contributed by atoms with van der Waals surface area (Å²) in [5, 5.41) is 3.08. The van der Waals surface area contributed by atoms with E-state index in [2.05, 4.69) is 5.32 Å². The van der Waals surface area contributed by atoms with Crippen molar-refractivity contribution in [3.63, 3.8) is 0 Å². The van der Waals surface area contributed by atoms with Gasteiger partial charge in [-0.2, -0.15) is 0 Å². The van der Waals surface area contributed by atoms with Gasteiger partial charge in [-0.15, -0.1) is 0 Å². The minimum atomic E-state index is -3.50. The molecule has 8 heteroatoms. The number of hydrogen-bond donors (Lipinski definition) is 1. The third kappa shape index (κ3) is 5.37. The van der Waals surface area contributed by atoms with Crippen LogP contribution in [0.15, 0.2) is 42.5 Å². The van der Waals surface area contributed by atoms with Crippen LogP contribution in [0.2, 0.25) is 5.02 Å². The SMILES string of the molecule is COc1ccc(NC(=O)CCN(c2ccc(C)cc2)S(C)(=O)=O)cc1Cl. The second-order valence-electron chi connectivity index (χ2n) is 5.82. The fourth-order valence-electron chi connectivity index (χ4n) is 2.37. The van der Waals surface area contributed by atoms with Crippen molar-refractivity contribution in [2.24, 2.45) is 0 Å². The molecule has 0 aliphatic rings. The molecule has 2 aromatic carbocycles. The lowest BCUT2D eigenvalue weighted by Gasteiger charge is -2.22. The van der Waals surface area contributed by atoms with Crippen LogP contribution in [0.4, 0.5) is 11.4 Å². The molecule has 140 valence electrons. The summed E-state index contributed by atoms with van der Waals surface area (Å²) in [4.78, 5) is 12.2. The number of nitrogens with zero attached hydrogens (tertiary/aromatic N) is 1. The summed E-state index contributed by atoms with van der Waals surface area (Å²) in [7, 11) is -2.00. The van der Waals surface area contributed by atoms with Crippen LogP contribution in [0, 0.1) is 6.92 Å². The normalized spacial score (nSPS) is 11.1. The number of benzene rings is 2. The Morgan fingerprint density at radius 3 is 2.38 bits per heavy atom. The summed E-state index contributed by atoms with van der Waals surface area (Å²) in [5.41, 5.74) is 2.07. The van der Waals surface area contributed by atoms with Gasteiger partial charge in [0.2, 0.25) is 15.9 Å². The number of amides is 1. The summed E-state index contributed by atoms with van der Waals surface area (Å²) in [5.74, 6) is 0.194. The Balaban J connectivity index is 2.05. The van der Waals surface area contributed by atoms with Gasteiger partial charge in [0.15, 0.2) is 0 Å². The molecule has 1 N–H and O–H groups in total. The topological polar surface area (TPSA) is 75.7 Å². The molecule has 0 aliphatic heterocycles. The quantitative estimate of drug-likeness (QED) is 0.777. The van der Waals surface area contributed by atoms with E-state index in [4.69, 9.17) is 16.3 Å². The maximum absolute atomic E-state index is 12.2. The molecule has 6 nitrogen and oxygen atoms in total. The van der Waals surface area contributed by atoms with Crippen molar-refractivity contribution in [1.29, 1.82) is 0 Å². The minimum Gasteiger partial charge on any atom is -0.495 e. The minimum absolute atomic E-state index is 0.00456. The number of sulfonamides is 1. The van der Waals surface area contributed by atoms with E-state index in [-0.39, 0.29) is 18.9 Å². The van der Waals surface area contributed by atoms with Crippen molar-refractivity contribution in [2.75, 3.05) is 29.5 Å². The van der Waals surface area contributed by atoms with Gasteiger partial charge in [0, 0.05) is 18.7 Å². The van der Waals surface area contributed by atoms with Gasteiger partial charge < -0.3 is 10.1 Å². The van der Waals surface area contributed by atoms with Crippen molar-refractivity contribution in [3.8, 4) is 5.75 Å². The fraction of sp³-hybridized carbons (Fsp3) is 0.278. The van der Waals surface area contributed by atoms with E-state index in [0.29, 0.717) is 22.1 Å². The smallest absolute Gasteiger partial charge is 0.232 e. The average molecular weight is 397 g/mol. The molecule has 0 heterocycles. The molecule has 0 saturated carbocycles. The van der Waals surface area contributed by atoms with E-state index in [0.717, 1.165) is 11.8 Å². The van der Waals surface area contributed by atoms with Crippen LogP contribution < -0.4 is 14.4 Å². The summed E-state index contributed by atoms with van der Waals surface area (Å²) >= 11 is 6.03. The van der Waals surface area contributed by atoms with Crippen molar-refractivity contribution >= 4 is 38.9 Å². The monoisotopic (exact) mass is 396 g/mol. The lowest BCUT2D eigenvalue weighted by atomic mass is 10.2. The molecular weight excluding hydrogens is 376 g/mol. The Labute approximate surface area is 158 Å². The van der Waals surface area contributed by atoms with E-state index in [1.54, 1.807) is 30.3 Å². The van der Waals surface area contributed by atoms with Gasteiger partial charge in [0.05, 0.1) is 24.1 Å². The molecule has 0 bridgehead atoms. The number of ether oxygens (including phenoxy) is 1. The zero-order valence-electron chi connectivity index (χ0n) is 14.8. The first-order valence-corrected chi connectivity index (χ1v) is 10.1. The van der Waals surface area contributed by atoms with Crippen molar-refractivity contribution in [1.82, 2.24) is 0 Å².